The van der Waals surface area contributed by atoms with Gasteiger partial charge in [0.25, 0.3) is 0 Å². The van der Waals surface area contributed by atoms with E-state index < -0.39 is 6.10 Å². The topological polar surface area (TPSA) is 35.5 Å². The first-order valence-electron chi connectivity index (χ1n) is 5.99. The van der Waals surface area contributed by atoms with Crippen LogP contribution in [0.2, 0.25) is 0 Å². The van der Waals surface area contributed by atoms with Gasteiger partial charge in [0, 0.05) is 0 Å². The molecule has 94 valence electrons. The van der Waals surface area contributed by atoms with Crippen LogP contribution in [0.1, 0.15) is 31.4 Å². The molecule has 3 heteroatoms. The number of hydrogen-bond acceptors (Lipinski definition) is 3. The number of ether oxygens (including phenoxy) is 2. The SMILES string of the molecule is CCOC(=O)[C@@H](CC)Oc1c(C)cccc1C. The van der Waals surface area contributed by atoms with Gasteiger partial charge in [-0.15, -0.1) is 0 Å². The average Bonchev–Trinajstić information content (AvgIpc) is 2.29. The van der Waals surface area contributed by atoms with Crippen LogP contribution in [0.25, 0.3) is 0 Å². The van der Waals surface area contributed by atoms with Gasteiger partial charge in [0.1, 0.15) is 5.75 Å². The molecule has 0 heterocycles. The van der Waals surface area contributed by atoms with E-state index in [9.17, 15) is 4.79 Å². The monoisotopic (exact) mass is 236 g/mol. The molecule has 3 nitrogen and oxygen atoms in total. The van der Waals surface area contributed by atoms with Crippen molar-refractivity contribution in [2.24, 2.45) is 0 Å². The fourth-order valence-corrected chi connectivity index (χ4v) is 1.66. The molecule has 0 N–H and O–H groups in total. The Balaban J connectivity index is 2.84. The Bertz CT molecular complexity index is 365. The van der Waals surface area contributed by atoms with Crippen LogP contribution in [0.15, 0.2) is 18.2 Å². The minimum Gasteiger partial charge on any atom is -0.478 e. The van der Waals surface area contributed by atoms with Gasteiger partial charge in [-0.1, -0.05) is 25.1 Å². The third kappa shape index (κ3) is 3.48. The normalized spacial score (nSPS) is 12.0. The van der Waals surface area contributed by atoms with Crippen LogP contribution in [-0.2, 0) is 9.53 Å². The summed E-state index contributed by atoms with van der Waals surface area (Å²) in [5.74, 6) is 0.491. The van der Waals surface area contributed by atoms with Gasteiger partial charge < -0.3 is 9.47 Å². The molecule has 0 unspecified atom stereocenters. The standard InChI is InChI=1S/C14H20O3/c1-5-12(14(15)16-6-2)17-13-10(3)8-7-9-11(13)4/h7-9,12H,5-6H2,1-4H3/t12-/m1/s1. The summed E-state index contributed by atoms with van der Waals surface area (Å²) < 4.78 is 10.7. The van der Waals surface area contributed by atoms with Gasteiger partial charge in [-0.2, -0.15) is 0 Å². The Labute approximate surface area is 103 Å². The first-order valence-corrected chi connectivity index (χ1v) is 5.99. The highest BCUT2D eigenvalue weighted by Crippen LogP contribution is 2.24. The molecular formula is C14H20O3. The number of carbonyl (C=O) groups excluding carboxylic acids is 1. The van der Waals surface area contributed by atoms with E-state index in [1.54, 1.807) is 6.92 Å². The average molecular weight is 236 g/mol. The quantitative estimate of drug-likeness (QED) is 0.737. The Morgan fingerprint density at radius 2 is 1.82 bits per heavy atom. The minimum atomic E-state index is -0.519. The Morgan fingerprint density at radius 3 is 2.29 bits per heavy atom. The van der Waals surface area contributed by atoms with E-state index in [1.165, 1.54) is 0 Å². The molecule has 0 fully saturated rings. The van der Waals surface area contributed by atoms with Crippen molar-refractivity contribution in [2.75, 3.05) is 6.61 Å². The molecule has 0 aliphatic heterocycles. The second-order valence-corrected chi connectivity index (χ2v) is 3.99. The van der Waals surface area contributed by atoms with E-state index in [2.05, 4.69) is 0 Å². The van der Waals surface area contributed by atoms with E-state index in [1.807, 2.05) is 39.0 Å². The van der Waals surface area contributed by atoms with Crippen LogP contribution >= 0.6 is 0 Å². The van der Waals surface area contributed by atoms with E-state index in [4.69, 9.17) is 9.47 Å². The molecule has 0 aliphatic rings. The molecule has 1 aromatic rings. The van der Waals surface area contributed by atoms with Gasteiger partial charge >= 0.3 is 5.97 Å². The van der Waals surface area contributed by atoms with Crippen LogP contribution in [0.4, 0.5) is 0 Å². The molecule has 1 rings (SSSR count). The van der Waals surface area contributed by atoms with Crippen LogP contribution < -0.4 is 4.74 Å². The molecule has 0 radical (unpaired) electrons. The summed E-state index contributed by atoms with van der Waals surface area (Å²) in [4.78, 5) is 11.7. The lowest BCUT2D eigenvalue weighted by Gasteiger charge is -2.19. The molecule has 0 saturated carbocycles. The number of esters is 1. The molecule has 1 atom stereocenters. The minimum absolute atomic E-state index is 0.294. The van der Waals surface area contributed by atoms with Crippen molar-refractivity contribution in [3.05, 3.63) is 29.3 Å². The highest BCUT2D eigenvalue weighted by molar-refractivity contribution is 5.75. The summed E-state index contributed by atoms with van der Waals surface area (Å²) in [6.07, 6.45) is 0.0850. The van der Waals surface area contributed by atoms with Crippen molar-refractivity contribution >= 4 is 5.97 Å². The zero-order chi connectivity index (χ0) is 12.8. The molecule has 0 amide bonds. The Kier molecular flexibility index (Phi) is 5.01. The van der Waals surface area contributed by atoms with Crippen molar-refractivity contribution in [3.8, 4) is 5.75 Å². The molecule has 1 aromatic carbocycles. The molecule has 0 bridgehead atoms. The summed E-state index contributed by atoms with van der Waals surface area (Å²) in [6.45, 7) is 8.03. The number of aryl methyl sites for hydroxylation is 2. The smallest absolute Gasteiger partial charge is 0.347 e. The van der Waals surface area contributed by atoms with Gasteiger partial charge in [0.2, 0.25) is 0 Å². The van der Waals surface area contributed by atoms with Crippen molar-refractivity contribution in [2.45, 2.75) is 40.2 Å². The van der Waals surface area contributed by atoms with Crippen molar-refractivity contribution in [1.82, 2.24) is 0 Å². The molecule has 0 saturated heterocycles. The number of benzene rings is 1. The fraction of sp³-hybridized carbons (Fsp3) is 0.500. The van der Waals surface area contributed by atoms with Gasteiger partial charge in [0.15, 0.2) is 6.10 Å². The first-order chi connectivity index (χ1) is 8.10. The van der Waals surface area contributed by atoms with Crippen LogP contribution in [0, 0.1) is 13.8 Å². The maximum absolute atomic E-state index is 11.7. The number of para-hydroxylation sites is 1. The lowest BCUT2D eigenvalue weighted by molar-refractivity contribution is -0.151. The van der Waals surface area contributed by atoms with E-state index in [0.29, 0.717) is 13.0 Å². The predicted molar refractivity (Wildman–Crippen MR) is 67.3 cm³/mol. The van der Waals surface area contributed by atoms with Crippen LogP contribution in [0.3, 0.4) is 0 Å². The maximum Gasteiger partial charge on any atom is 0.347 e. The molecule has 0 aliphatic carbocycles. The Hall–Kier alpha value is -1.51. The molecule has 0 spiro atoms. The summed E-state index contributed by atoms with van der Waals surface area (Å²) >= 11 is 0. The number of carbonyl (C=O) groups is 1. The summed E-state index contributed by atoms with van der Waals surface area (Å²) in [7, 11) is 0. The largest absolute Gasteiger partial charge is 0.478 e. The van der Waals surface area contributed by atoms with Crippen LogP contribution in [0.5, 0.6) is 5.75 Å². The lowest BCUT2D eigenvalue weighted by Crippen LogP contribution is -2.29. The molecule has 0 aromatic heterocycles. The van der Waals surface area contributed by atoms with Crippen molar-refractivity contribution < 1.29 is 14.3 Å². The number of rotatable bonds is 5. The zero-order valence-electron chi connectivity index (χ0n) is 10.9. The predicted octanol–water partition coefficient (Wildman–Crippen LogP) is 3.02. The van der Waals surface area contributed by atoms with E-state index in [0.717, 1.165) is 16.9 Å². The molecular weight excluding hydrogens is 216 g/mol. The van der Waals surface area contributed by atoms with Crippen LogP contribution in [-0.4, -0.2) is 18.7 Å². The third-order valence-electron chi connectivity index (χ3n) is 2.59. The lowest BCUT2D eigenvalue weighted by atomic mass is 10.1. The first kappa shape index (κ1) is 13.6. The highest BCUT2D eigenvalue weighted by atomic mass is 16.6. The second-order valence-electron chi connectivity index (χ2n) is 3.99. The summed E-state index contributed by atoms with van der Waals surface area (Å²) in [5, 5.41) is 0. The van der Waals surface area contributed by atoms with Gasteiger partial charge in [-0.3, -0.25) is 0 Å². The fourth-order valence-electron chi connectivity index (χ4n) is 1.66. The van der Waals surface area contributed by atoms with Gasteiger partial charge in [-0.05, 0) is 38.3 Å². The third-order valence-corrected chi connectivity index (χ3v) is 2.59. The van der Waals surface area contributed by atoms with E-state index in [-0.39, 0.29) is 5.97 Å². The highest BCUT2D eigenvalue weighted by Gasteiger charge is 2.20. The van der Waals surface area contributed by atoms with E-state index >= 15 is 0 Å². The van der Waals surface area contributed by atoms with Gasteiger partial charge in [0.05, 0.1) is 6.61 Å². The second kappa shape index (κ2) is 6.28. The van der Waals surface area contributed by atoms with Crippen molar-refractivity contribution in [3.63, 3.8) is 0 Å². The number of hydrogen-bond donors (Lipinski definition) is 0. The zero-order valence-corrected chi connectivity index (χ0v) is 10.9. The molecule has 17 heavy (non-hydrogen) atoms. The van der Waals surface area contributed by atoms with Gasteiger partial charge in [-0.25, -0.2) is 4.79 Å². The summed E-state index contributed by atoms with van der Waals surface area (Å²) in [5.41, 5.74) is 2.07. The maximum atomic E-state index is 11.7. The Morgan fingerprint density at radius 1 is 1.24 bits per heavy atom. The summed E-state index contributed by atoms with van der Waals surface area (Å²) in [6, 6.07) is 5.92. The van der Waals surface area contributed by atoms with Crippen molar-refractivity contribution in [1.29, 1.82) is 0 Å².